The fourth-order valence-corrected chi connectivity index (χ4v) is 2.94. The number of amides is 1. The Balaban J connectivity index is 1.68. The maximum absolute atomic E-state index is 12.5. The molecular weight excluding hydrogens is 298 g/mol. The number of carbonyl (C=O) groups excluding carboxylic acids is 1. The molecule has 1 amide bonds. The summed E-state index contributed by atoms with van der Waals surface area (Å²) in [7, 11) is 0. The monoisotopic (exact) mass is 315 g/mol. The molecule has 4 heteroatoms. The fraction of sp³-hybridized carbons (Fsp3) is 0.278. The standard InChI is InChI=1S/C18H18ClNO2/c19-16-9-5-4-8-15(16)17-13-20(10-11-22-17)18(21)12-14-6-2-1-3-7-14/h1-9,17H,10-13H2. The van der Waals surface area contributed by atoms with Gasteiger partial charge in [-0.25, -0.2) is 0 Å². The van der Waals surface area contributed by atoms with Gasteiger partial charge in [0.2, 0.25) is 5.91 Å². The van der Waals surface area contributed by atoms with Gasteiger partial charge >= 0.3 is 0 Å². The van der Waals surface area contributed by atoms with Crippen molar-refractivity contribution < 1.29 is 9.53 Å². The van der Waals surface area contributed by atoms with Crippen LogP contribution in [0.2, 0.25) is 5.02 Å². The molecule has 1 unspecified atom stereocenters. The third-order valence-corrected chi connectivity index (χ3v) is 4.21. The zero-order chi connectivity index (χ0) is 15.4. The molecule has 0 bridgehead atoms. The number of benzene rings is 2. The smallest absolute Gasteiger partial charge is 0.227 e. The first-order valence-electron chi connectivity index (χ1n) is 7.42. The molecular formula is C18H18ClNO2. The van der Waals surface area contributed by atoms with Gasteiger partial charge in [-0.1, -0.05) is 60.1 Å². The van der Waals surface area contributed by atoms with Crippen LogP contribution in [0.25, 0.3) is 0 Å². The molecule has 0 N–H and O–H groups in total. The molecule has 3 rings (SSSR count). The quantitative estimate of drug-likeness (QED) is 0.868. The van der Waals surface area contributed by atoms with E-state index in [-0.39, 0.29) is 12.0 Å². The van der Waals surface area contributed by atoms with Crippen LogP contribution in [0.15, 0.2) is 54.6 Å². The highest BCUT2D eigenvalue weighted by atomic mass is 35.5. The molecule has 1 aliphatic rings. The van der Waals surface area contributed by atoms with Gasteiger partial charge in [0.15, 0.2) is 0 Å². The predicted molar refractivity (Wildman–Crippen MR) is 86.9 cm³/mol. The van der Waals surface area contributed by atoms with Crippen LogP contribution in [-0.4, -0.2) is 30.5 Å². The van der Waals surface area contributed by atoms with Crippen LogP contribution < -0.4 is 0 Å². The topological polar surface area (TPSA) is 29.5 Å². The van der Waals surface area contributed by atoms with E-state index in [1.807, 2.05) is 59.5 Å². The van der Waals surface area contributed by atoms with E-state index in [1.165, 1.54) is 0 Å². The van der Waals surface area contributed by atoms with E-state index in [1.54, 1.807) is 0 Å². The van der Waals surface area contributed by atoms with Gasteiger partial charge in [0, 0.05) is 17.1 Å². The van der Waals surface area contributed by atoms with Crippen molar-refractivity contribution in [3.05, 3.63) is 70.7 Å². The zero-order valence-corrected chi connectivity index (χ0v) is 13.0. The van der Waals surface area contributed by atoms with Gasteiger partial charge in [-0.05, 0) is 11.6 Å². The number of hydrogen-bond acceptors (Lipinski definition) is 2. The summed E-state index contributed by atoms with van der Waals surface area (Å²) < 4.78 is 5.80. The summed E-state index contributed by atoms with van der Waals surface area (Å²) in [6, 6.07) is 17.5. The summed E-state index contributed by atoms with van der Waals surface area (Å²) >= 11 is 6.23. The number of carbonyl (C=O) groups is 1. The average molecular weight is 316 g/mol. The highest BCUT2D eigenvalue weighted by molar-refractivity contribution is 6.31. The maximum Gasteiger partial charge on any atom is 0.227 e. The highest BCUT2D eigenvalue weighted by Gasteiger charge is 2.26. The van der Waals surface area contributed by atoms with E-state index in [0.717, 1.165) is 11.1 Å². The highest BCUT2D eigenvalue weighted by Crippen LogP contribution is 2.28. The molecule has 1 heterocycles. The third-order valence-electron chi connectivity index (χ3n) is 3.87. The second-order valence-corrected chi connectivity index (χ2v) is 5.79. The van der Waals surface area contributed by atoms with Crippen molar-refractivity contribution in [2.24, 2.45) is 0 Å². The molecule has 0 spiro atoms. The lowest BCUT2D eigenvalue weighted by atomic mass is 10.1. The van der Waals surface area contributed by atoms with Crippen LogP contribution >= 0.6 is 11.6 Å². The summed E-state index contributed by atoms with van der Waals surface area (Å²) in [6.07, 6.45) is 0.276. The van der Waals surface area contributed by atoms with Crippen LogP contribution in [-0.2, 0) is 16.0 Å². The Labute approximate surface area is 135 Å². The van der Waals surface area contributed by atoms with Crippen molar-refractivity contribution >= 4 is 17.5 Å². The molecule has 0 aliphatic carbocycles. The van der Waals surface area contributed by atoms with E-state index in [0.29, 0.717) is 31.1 Å². The number of morpholine rings is 1. The van der Waals surface area contributed by atoms with Gasteiger partial charge in [-0.3, -0.25) is 4.79 Å². The van der Waals surface area contributed by atoms with Crippen molar-refractivity contribution in [3.8, 4) is 0 Å². The van der Waals surface area contributed by atoms with Gasteiger partial charge in [0.05, 0.1) is 19.6 Å². The molecule has 1 aliphatic heterocycles. The lowest BCUT2D eigenvalue weighted by Gasteiger charge is -2.33. The molecule has 3 nitrogen and oxygen atoms in total. The minimum absolute atomic E-state index is 0.131. The van der Waals surface area contributed by atoms with E-state index in [2.05, 4.69) is 0 Å². The Morgan fingerprint density at radius 3 is 2.64 bits per heavy atom. The number of hydrogen-bond donors (Lipinski definition) is 0. The normalized spacial score (nSPS) is 18.2. The third kappa shape index (κ3) is 3.49. The first-order valence-corrected chi connectivity index (χ1v) is 7.79. The average Bonchev–Trinajstić information content (AvgIpc) is 2.56. The minimum atomic E-state index is -0.151. The second kappa shape index (κ2) is 6.95. The molecule has 0 saturated carbocycles. The lowest BCUT2D eigenvalue weighted by molar-refractivity contribution is -0.138. The first kappa shape index (κ1) is 15.1. The molecule has 0 aromatic heterocycles. The van der Waals surface area contributed by atoms with Crippen molar-refractivity contribution in [1.29, 1.82) is 0 Å². The molecule has 0 radical (unpaired) electrons. The second-order valence-electron chi connectivity index (χ2n) is 5.38. The maximum atomic E-state index is 12.5. The summed E-state index contributed by atoms with van der Waals surface area (Å²) in [5.41, 5.74) is 1.98. The predicted octanol–water partition coefficient (Wildman–Crippen LogP) is 3.48. The SMILES string of the molecule is O=C(Cc1ccccc1)N1CCOC(c2ccccc2Cl)C1. The number of rotatable bonds is 3. The van der Waals surface area contributed by atoms with Crippen LogP contribution in [0.5, 0.6) is 0 Å². The van der Waals surface area contributed by atoms with E-state index >= 15 is 0 Å². The largest absolute Gasteiger partial charge is 0.370 e. The Bertz CT molecular complexity index is 645. The Morgan fingerprint density at radius 1 is 1.14 bits per heavy atom. The Morgan fingerprint density at radius 2 is 1.86 bits per heavy atom. The van der Waals surface area contributed by atoms with Crippen molar-refractivity contribution in [2.45, 2.75) is 12.5 Å². The molecule has 1 saturated heterocycles. The molecule has 1 fully saturated rings. The lowest BCUT2D eigenvalue weighted by Crippen LogP contribution is -2.43. The molecule has 114 valence electrons. The molecule has 22 heavy (non-hydrogen) atoms. The number of nitrogens with zero attached hydrogens (tertiary/aromatic N) is 1. The van der Waals surface area contributed by atoms with Gasteiger partial charge < -0.3 is 9.64 Å². The fourth-order valence-electron chi connectivity index (χ4n) is 2.68. The van der Waals surface area contributed by atoms with Crippen molar-refractivity contribution in [1.82, 2.24) is 4.90 Å². The number of halogens is 1. The van der Waals surface area contributed by atoms with Gasteiger partial charge in [-0.15, -0.1) is 0 Å². The molecule has 2 aromatic carbocycles. The minimum Gasteiger partial charge on any atom is -0.370 e. The zero-order valence-electron chi connectivity index (χ0n) is 12.2. The van der Waals surface area contributed by atoms with Gasteiger partial charge in [-0.2, -0.15) is 0 Å². The van der Waals surface area contributed by atoms with E-state index < -0.39 is 0 Å². The summed E-state index contributed by atoms with van der Waals surface area (Å²) in [6.45, 7) is 1.72. The van der Waals surface area contributed by atoms with Crippen LogP contribution in [0.3, 0.4) is 0 Å². The number of ether oxygens (including phenoxy) is 1. The van der Waals surface area contributed by atoms with Gasteiger partial charge in [0.25, 0.3) is 0 Å². The van der Waals surface area contributed by atoms with E-state index in [9.17, 15) is 4.79 Å². The van der Waals surface area contributed by atoms with Crippen molar-refractivity contribution in [2.75, 3.05) is 19.7 Å². The summed E-state index contributed by atoms with van der Waals surface area (Å²) in [5, 5.41) is 0.685. The Kier molecular flexibility index (Phi) is 4.76. The van der Waals surface area contributed by atoms with Crippen LogP contribution in [0, 0.1) is 0 Å². The molecule has 2 aromatic rings. The van der Waals surface area contributed by atoms with Crippen molar-refractivity contribution in [3.63, 3.8) is 0 Å². The van der Waals surface area contributed by atoms with Crippen LogP contribution in [0.1, 0.15) is 17.2 Å². The van der Waals surface area contributed by atoms with Gasteiger partial charge in [0.1, 0.15) is 6.10 Å². The Hall–Kier alpha value is -1.84. The molecule has 1 atom stereocenters. The van der Waals surface area contributed by atoms with E-state index in [4.69, 9.17) is 16.3 Å². The van der Waals surface area contributed by atoms with Crippen LogP contribution in [0.4, 0.5) is 0 Å². The summed E-state index contributed by atoms with van der Waals surface area (Å²) in [5.74, 6) is 0.131. The summed E-state index contributed by atoms with van der Waals surface area (Å²) in [4.78, 5) is 14.3. The first-order chi connectivity index (χ1) is 10.7.